The van der Waals surface area contributed by atoms with Crippen LogP contribution in [0.1, 0.15) is 35.2 Å². The van der Waals surface area contributed by atoms with E-state index in [0.29, 0.717) is 11.0 Å². The third-order valence-corrected chi connectivity index (χ3v) is 4.50. The summed E-state index contributed by atoms with van der Waals surface area (Å²) >= 11 is 3.11. The number of methoxy groups -OCH3 is 1. The molecule has 0 aliphatic heterocycles. The van der Waals surface area contributed by atoms with Gasteiger partial charge >= 0.3 is 6.18 Å². The van der Waals surface area contributed by atoms with Crippen LogP contribution in [0, 0.1) is 0 Å². The van der Waals surface area contributed by atoms with Crippen LogP contribution in [0.15, 0.2) is 22.7 Å². The molecule has 0 aromatic heterocycles. The molecule has 0 saturated heterocycles. The molecule has 0 heterocycles. The molecule has 0 atom stereocenters. The van der Waals surface area contributed by atoms with E-state index in [2.05, 4.69) is 21.2 Å². The third kappa shape index (κ3) is 3.58. The number of benzene rings is 1. The van der Waals surface area contributed by atoms with Gasteiger partial charge in [0.15, 0.2) is 0 Å². The van der Waals surface area contributed by atoms with Crippen LogP contribution < -0.4 is 5.32 Å². The van der Waals surface area contributed by atoms with Gasteiger partial charge < -0.3 is 10.1 Å². The third-order valence-electron chi connectivity index (χ3n) is 3.81. The lowest BCUT2D eigenvalue weighted by molar-refractivity contribution is -0.137. The highest BCUT2D eigenvalue weighted by Gasteiger charge is 2.37. The SMILES string of the molecule is COC1(CNC(=O)c2cc(C(F)(F)F)ccc2Br)CCC1. The van der Waals surface area contributed by atoms with Gasteiger partial charge in [-0.3, -0.25) is 4.79 Å². The number of ether oxygens (including phenoxy) is 1. The predicted molar refractivity (Wildman–Crippen MR) is 75.1 cm³/mol. The van der Waals surface area contributed by atoms with Crippen LogP contribution in [-0.4, -0.2) is 25.2 Å². The van der Waals surface area contributed by atoms with E-state index in [4.69, 9.17) is 4.74 Å². The molecule has 116 valence electrons. The number of carbonyl (C=O) groups excluding carboxylic acids is 1. The summed E-state index contributed by atoms with van der Waals surface area (Å²) in [5, 5.41) is 2.65. The normalized spacial score (nSPS) is 17.2. The minimum Gasteiger partial charge on any atom is -0.376 e. The van der Waals surface area contributed by atoms with E-state index in [1.165, 1.54) is 6.07 Å². The Labute approximate surface area is 129 Å². The van der Waals surface area contributed by atoms with Crippen molar-refractivity contribution in [2.75, 3.05) is 13.7 Å². The maximum Gasteiger partial charge on any atom is 0.416 e. The van der Waals surface area contributed by atoms with Gasteiger partial charge in [0.05, 0.1) is 16.7 Å². The van der Waals surface area contributed by atoms with E-state index in [-0.39, 0.29) is 11.2 Å². The molecule has 1 aliphatic carbocycles. The highest BCUT2D eigenvalue weighted by atomic mass is 79.9. The average molecular weight is 366 g/mol. The second-order valence-electron chi connectivity index (χ2n) is 5.12. The van der Waals surface area contributed by atoms with Crippen LogP contribution in [0.4, 0.5) is 13.2 Å². The first kappa shape index (κ1) is 16.3. The molecule has 0 radical (unpaired) electrons. The van der Waals surface area contributed by atoms with Gasteiger partial charge in [-0.1, -0.05) is 0 Å². The fourth-order valence-electron chi connectivity index (χ4n) is 2.24. The van der Waals surface area contributed by atoms with E-state index in [9.17, 15) is 18.0 Å². The lowest BCUT2D eigenvalue weighted by Gasteiger charge is -2.40. The molecule has 1 aromatic rings. The van der Waals surface area contributed by atoms with Crippen molar-refractivity contribution in [1.82, 2.24) is 5.32 Å². The molecule has 2 rings (SSSR count). The lowest BCUT2D eigenvalue weighted by atomic mass is 9.80. The fraction of sp³-hybridized carbons (Fsp3) is 0.500. The summed E-state index contributed by atoms with van der Waals surface area (Å²) < 4.78 is 43.8. The summed E-state index contributed by atoms with van der Waals surface area (Å²) in [4.78, 5) is 12.1. The minimum atomic E-state index is -4.47. The number of amides is 1. The molecule has 0 unspecified atom stereocenters. The summed E-state index contributed by atoms with van der Waals surface area (Å²) in [7, 11) is 1.57. The Kier molecular flexibility index (Phi) is 4.63. The Morgan fingerprint density at radius 3 is 2.57 bits per heavy atom. The van der Waals surface area contributed by atoms with Crippen molar-refractivity contribution in [3.05, 3.63) is 33.8 Å². The second kappa shape index (κ2) is 5.96. The molecule has 0 bridgehead atoms. The zero-order chi connectivity index (χ0) is 15.7. The first-order chi connectivity index (χ1) is 9.77. The maximum atomic E-state index is 12.7. The molecule has 1 N–H and O–H groups in total. The Hall–Kier alpha value is -1.08. The van der Waals surface area contributed by atoms with Crippen LogP contribution in [-0.2, 0) is 10.9 Å². The molecule has 1 saturated carbocycles. The first-order valence-electron chi connectivity index (χ1n) is 6.47. The molecule has 1 aliphatic rings. The molecule has 3 nitrogen and oxygen atoms in total. The Balaban J connectivity index is 2.11. The van der Waals surface area contributed by atoms with Crippen LogP contribution >= 0.6 is 15.9 Å². The number of carbonyl (C=O) groups is 1. The first-order valence-corrected chi connectivity index (χ1v) is 7.27. The van der Waals surface area contributed by atoms with Crippen molar-refractivity contribution in [3.63, 3.8) is 0 Å². The van der Waals surface area contributed by atoms with Crippen LogP contribution in [0.25, 0.3) is 0 Å². The number of alkyl halides is 3. The molecular formula is C14H15BrF3NO2. The summed E-state index contributed by atoms with van der Waals surface area (Å²) in [6, 6.07) is 3.01. The van der Waals surface area contributed by atoms with Gasteiger partial charge in [-0.25, -0.2) is 0 Å². The number of rotatable bonds is 4. The van der Waals surface area contributed by atoms with Gasteiger partial charge in [0.1, 0.15) is 0 Å². The number of hydrogen-bond donors (Lipinski definition) is 1. The van der Waals surface area contributed by atoms with Crippen molar-refractivity contribution in [1.29, 1.82) is 0 Å². The standard InChI is InChI=1S/C14H15BrF3NO2/c1-21-13(5-2-6-13)8-19-12(20)10-7-9(14(16,17)18)3-4-11(10)15/h3-4,7H,2,5-6,8H2,1H3,(H,19,20). The quantitative estimate of drug-likeness (QED) is 0.881. The van der Waals surface area contributed by atoms with Gasteiger partial charge in [-0.15, -0.1) is 0 Å². The minimum absolute atomic E-state index is 0.0320. The van der Waals surface area contributed by atoms with Crippen LogP contribution in [0.3, 0.4) is 0 Å². The number of nitrogens with one attached hydrogen (secondary N) is 1. The molecule has 1 amide bonds. The smallest absolute Gasteiger partial charge is 0.376 e. The topological polar surface area (TPSA) is 38.3 Å². The van der Waals surface area contributed by atoms with Crippen LogP contribution in [0.2, 0.25) is 0 Å². The van der Waals surface area contributed by atoms with Gasteiger partial charge in [-0.05, 0) is 53.4 Å². The molecule has 0 spiro atoms. The van der Waals surface area contributed by atoms with E-state index >= 15 is 0 Å². The Bertz CT molecular complexity index is 536. The summed E-state index contributed by atoms with van der Waals surface area (Å²) in [6.07, 6.45) is -1.77. The van der Waals surface area contributed by atoms with E-state index in [1.54, 1.807) is 7.11 Å². The zero-order valence-electron chi connectivity index (χ0n) is 11.4. The van der Waals surface area contributed by atoms with Crippen LogP contribution in [0.5, 0.6) is 0 Å². The lowest BCUT2D eigenvalue weighted by Crippen LogP contribution is -2.49. The Morgan fingerprint density at radius 2 is 2.10 bits per heavy atom. The summed E-state index contributed by atoms with van der Waals surface area (Å²) in [5.41, 5.74) is -1.25. The molecule has 1 fully saturated rings. The number of halogens is 4. The van der Waals surface area contributed by atoms with E-state index in [0.717, 1.165) is 31.4 Å². The second-order valence-corrected chi connectivity index (χ2v) is 5.97. The molecular weight excluding hydrogens is 351 g/mol. The number of hydrogen-bond acceptors (Lipinski definition) is 2. The fourth-order valence-corrected chi connectivity index (χ4v) is 2.66. The van der Waals surface area contributed by atoms with Crippen molar-refractivity contribution >= 4 is 21.8 Å². The molecule has 7 heteroatoms. The van der Waals surface area contributed by atoms with Crippen molar-refractivity contribution in [2.45, 2.75) is 31.0 Å². The van der Waals surface area contributed by atoms with Gasteiger partial charge in [0, 0.05) is 18.1 Å². The molecule has 1 aromatic carbocycles. The van der Waals surface area contributed by atoms with Crippen molar-refractivity contribution in [3.8, 4) is 0 Å². The highest BCUT2D eigenvalue weighted by molar-refractivity contribution is 9.10. The van der Waals surface area contributed by atoms with Gasteiger partial charge in [0.25, 0.3) is 5.91 Å². The maximum absolute atomic E-state index is 12.7. The predicted octanol–water partition coefficient (Wildman–Crippen LogP) is 3.77. The Morgan fingerprint density at radius 1 is 1.43 bits per heavy atom. The van der Waals surface area contributed by atoms with E-state index < -0.39 is 17.6 Å². The zero-order valence-corrected chi connectivity index (χ0v) is 13.0. The largest absolute Gasteiger partial charge is 0.416 e. The highest BCUT2D eigenvalue weighted by Crippen LogP contribution is 2.35. The average Bonchev–Trinajstić information content (AvgIpc) is 2.36. The van der Waals surface area contributed by atoms with Crippen molar-refractivity contribution in [2.24, 2.45) is 0 Å². The van der Waals surface area contributed by atoms with E-state index in [1.807, 2.05) is 0 Å². The monoisotopic (exact) mass is 365 g/mol. The van der Waals surface area contributed by atoms with Gasteiger partial charge in [0.2, 0.25) is 0 Å². The van der Waals surface area contributed by atoms with Gasteiger partial charge in [-0.2, -0.15) is 13.2 Å². The summed E-state index contributed by atoms with van der Waals surface area (Å²) in [6.45, 7) is 0.297. The summed E-state index contributed by atoms with van der Waals surface area (Å²) in [5.74, 6) is -0.545. The molecule has 21 heavy (non-hydrogen) atoms. The van der Waals surface area contributed by atoms with Crippen molar-refractivity contribution < 1.29 is 22.7 Å².